The molecule has 0 saturated carbocycles. The van der Waals surface area contributed by atoms with E-state index in [1.54, 1.807) is 6.20 Å². The lowest BCUT2D eigenvalue weighted by Crippen LogP contribution is -2.27. The first kappa shape index (κ1) is 21.5. The molecule has 0 aliphatic rings. The number of benzene rings is 1. The monoisotopic (exact) mass is 442 g/mol. The third-order valence-corrected chi connectivity index (χ3v) is 5.36. The number of rotatable bonds is 6. The van der Waals surface area contributed by atoms with Gasteiger partial charge in [-0.15, -0.1) is 0 Å². The van der Waals surface area contributed by atoms with Gasteiger partial charge in [0, 0.05) is 23.4 Å². The van der Waals surface area contributed by atoms with Crippen LogP contribution in [0.1, 0.15) is 53.6 Å². The highest BCUT2D eigenvalue weighted by Crippen LogP contribution is 2.27. The van der Waals surface area contributed by atoms with E-state index >= 15 is 0 Å². The Morgan fingerprint density at radius 3 is 2.50 bits per heavy atom. The summed E-state index contributed by atoms with van der Waals surface area (Å²) >= 11 is 0. The first-order valence-corrected chi connectivity index (χ1v) is 10.1. The fourth-order valence-corrected chi connectivity index (χ4v) is 3.63. The van der Waals surface area contributed by atoms with E-state index in [2.05, 4.69) is 20.5 Å². The van der Waals surface area contributed by atoms with Crippen LogP contribution in [0.2, 0.25) is 0 Å². The van der Waals surface area contributed by atoms with Crippen LogP contribution in [0.4, 0.5) is 13.2 Å². The molecule has 1 unspecified atom stereocenters. The van der Waals surface area contributed by atoms with Crippen molar-refractivity contribution in [1.82, 2.24) is 29.7 Å². The molecule has 0 bridgehead atoms. The van der Waals surface area contributed by atoms with Gasteiger partial charge in [-0.25, -0.2) is 22.7 Å². The Hall–Kier alpha value is -3.69. The third-order valence-electron chi connectivity index (χ3n) is 5.36. The number of halogens is 3. The quantitative estimate of drug-likeness (QED) is 0.477. The summed E-state index contributed by atoms with van der Waals surface area (Å²) in [6.45, 7) is 6.40. The number of carbonyl (C=O) groups excluding carboxylic acids is 1. The number of alkyl halides is 2. The van der Waals surface area contributed by atoms with E-state index in [1.165, 1.54) is 36.5 Å². The van der Waals surface area contributed by atoms with Crippen molar-refractivity contribution in [3.8, 4) is 11.3 Å². The molecule has 0 aliphatic heterocycles. The molecular weight excluding hydrogens is 421 g/mol. The Balaban J connectivity index is 1.73. The van der Waals surface area contributed by atoms with E-state index in [4.69, 9.17) is 0 Å². The zero-order valence-electron chi connectivity index (χ0n) is 17.7. The molecule has 0 radical (unpaired) electrons. The Morgan fingerprint density at radius 1 is 1.16 bits per heavy atom. The van der Waals surface area contributed by atoms with Gasteiger partial charge in [0.25, 0.3) is 12.3 Å². The number of amides is 1. The Kier molecular flexibility index (Phi) is 5.68. The summed E-state index contributed by atoms with van der Waals surface area (Å²) in [7, 11) is 0. The van der Waals surface area contributed by atoms with Gasteiger partial charge < -0.3 is 5.32 Å². The lowest BCUT2D eigenvalue weighted by molar-refractivity contribution is 0.0941. The highest BCUT2D eigenvalue weighted by atomic mass is 19.3. The predicted octanol–water partition coefficient (Wildman–Crippen LogP) is 4.49. The molecule has 7 nitrogen and oxygen atoms in total. The molecule has 32 heavy (non-hydrogen) atoms. The van der Waals surface area contributed by atoms with Crippen LogP contribution in [0.15, 0.2) is 42.7 Å². The van der Waals surface area contributed by atoms with Crippen LogP contribution in [0.5, 0.6) is 0 Å². The van der Waals surface area contributed by atoms with E-state index < -0.39 is 23.8 Å². The SMILES string of the molecule is CCn1ncc(C(C)NC(=O)c2cnn3c(C(F)F)cc(-c4ccc(F)cc4)nc23)c1C. The molecule has 1 N–H and O–H groups in total. The molecule has 3 heterocycles. The number of aryl methyl sites for hydroxylation is 1. The van der Waals surface area contributed by atoms with Crippen molar-refractivity contribution >= 4 is 11.6 Å². The van der Waals surface area contributed by atoms with Crippen molar-refractivity contribution < 1.29 is 18.0 Å². The second-order valence-electron chi connectivity index (χ2n) is 7.36. The van der Waals surface area contributed by atoms with Crippen LogP contribution in [-0.2, 0) is 6.54 Å². The summed E-state index contributed by atoms with van der Waals surface area (Å²) in [6, 6.07) is 6.13. The maximum Gasteiger partial charge on any atom is 0.280 e. The van der Waals surface area contributed by atoms with Crippen molar-refractivity contribution in [2.24, 2.45) is 0 Å². The highest BCUT2D eigenvalue weighted by Gasteiger charge is 2.23. The molecule has 166 valence electrons. The number of aromatic nitrogens is 5. The Labute approximate surface area is 181 Å². The number of carbonyl (C=O) groups is 1. The summed E-state index contributed by atoms with van der Waals surface area (Å²) in [5, 5.41) is 11.1. The zero-order valence-corrected chi connectivity index (χ0v) is 17.7. The number of hydrogen-bond donors (Lipinski definition) is 1. The third kappa shape index (κ3) is 3.83. The number of fused-ring (bicyclic) bond motifs is 1. The van der Waals surface area contributed by atoms with Gasteiger partial charge in [0.1, 0.15) is 17.1 Å². The second-order valence-corrected chi connectivity index (χ2v) is 7.36. The number of nitrogens with zero attached hydrogens (tertiary/aromatic N) is 5. The number of hydrogen-bond acceptors (Lipinski definition) is 4. The van der Waals surface area contributed by atoms with E-state index in [9.17, 15) is 18.0 Å². The average Bonchev–Trinajstić information content (AvgIpc) is 3.36. The molecule has 4 aromatic rings. The number of nitrogens with one attached hydrogen (secondary N) is 1. The first-order chi connectivity index (χ1) is 15.3. The minimum absolute atomic E-state index is 0.00667. The molecule has 4 rings (SSSR count). The standard InChI is InChI=1S/C22H21F3N6O/c1-4-30-13(3)16(10-26-30)12(2)28-22(32)17-11-27-31-19(20(24)25)9-18(29-21(17)31)14-5-7-15(23)8-6-14/h5-12,20H,4H2,1-3H3,(H,28,32). The largest absolute Gasteiger partial charge is 0.345 e. The van der Waals surface area contributed by atoms with E-state index in [-0.39, 0.29) is 22.9 Å². The lowest BCUT2D eigenvalue weighted by Gasteiger charge is -2.14. The van der Waals surface area contributed by atoms with Crippen molar-refractivity contribution in [2.75, 3.05) is 0 Å². The van der Waals surface area contributed by atoms with Crippen molar-refractivity contribution in [3.05, 3.63) is 71.1 Å². The maximum atomic E-state index is 13.7. The van der Waals surface area contributed by atoms with Crippen molar-refractivity contribution in [2.45, 2.75) is 39.8 Å². The van der Waals surface area contributed by atoms with Gasteiger partial charge in [0.2, 0.25) is 0 Å². The maximum absolute atomic E-state index is 13.7. The molecule has 0 saturated heterocycles. The Bertz CT molecular complexity index is 1280. The summed E-state index contributed by atoms with van der Waals surface area (Å²) in [6.07, 6.45) is 0.0594. The van der Waals surface area contributed by atoms with Gasteiger partial charge in [-0.1, -0.05) is 0 Å². The smallest absolute Gasteiger partial charge is 0.280 e. The predicted molar refractivity (Wildman–Crippen MR) is 112 cm³/mol. The van der Waals surface area contributed by atoms with Crippen LogP contribution in [0.25, 0.3) is 16.9 Å². The fourth-order valence-electron chi connectivity index (χ4n) is 3.63. The molecule has 1 aromatic carbocycles. The molecule has 3 aromatic heterocycles. The molecule has 0 spiro atoms. The lowest BCUT2D eigenvalue weighted by atomic mass is 10.1. The van der Waals surface area contributed by atoms with Gasteiger partial charge >= 0.3 is 0 Å². The minimum atomic E-state index is -2.85. The van der Waals surface area contributed by atoms with Crippen molar-refractivity contribution in [3.63, 3.8) is 0 Å². The summed E-state index contributed by atoms with van der Waals surface area (Å²) < 4.78 is 43.5. The van der Waals surface area contributed by atoms with Crippen LogP contribution in [0, 0.1) is 12.7 Å². The fraction of sp³-hybridized carbons (Fsp3) is 0.273. The topological polar surface area (TPSA) is 77.1 Å². The van der Waals surface area contributed by atoms with Gasteiger partial charge in [-0.2, -0.15) is 10.2 Å². The molecule has 0 fully saturated rings. The minimum Gasteiger partial charge on any atom is -0.345 e. The molecule has 1 amide bonds. The van der Waals surface area contributed by atoms with Gasteiger partial charge in [0.05, 0.1) is 24.1 Å². The van der Waals surface area contributed by atoms with Crippen LogP contribution < -0.4 is 5.32 Å². The van der Waals surface area contributed by atoms with Crippen LogP contribution >= 0.6 is 0 Å². The van der Waals surface area contributed by atoms with E-state index in [0.29, 0.717) is 12.1 Å². The van der Waals surface area contributed by atoms with Gasteiger partial charge in [-0.05, 0) is 51.1 Å². The summed E-state index contributed by atoms with van der Waals surface area (Å²) in [4.78, 5) is 17.4. The molecular formula is C22H21F3N6O. The first-order valence-electron chi connectivity index (χ1n) is 10.1. The van der Waals surface area contributed by atoms with E-state index in [1.807, 2.05) is 25.5 Å². The second kappa shape index (κ2) is 8.45. The highest BCUT2D eigenvalue weighted by molar-refractivity contribution is 6.00. The van der Waals surface area contributed by atoms with Crippen molar-refractivity contribution in [1.29, 1.82) is 0 Å². The van der Waals surface area contributed by atoms with Crippen LogP contribution in [-0.4, -0.2) is 30.3 Å². The molecule has 1 atom stereocenters. The summed E-state index contributed by atoms with van der Waals surface area (Å²) in [5.41, 5.74) is 2.05. The normalized spacial score (nSPS) is 12.5. The summed E-state index contributed by atoms with van der Waals surface area (Å²) in [5.74, 6) is -0.955. The Morgan fingerprint density at radius 2 is 1.88 bits per heavy atom. The molecule has 0 aliphatic carbocycles. The van der Waals surface area contributed by atoms with Gasteiger partial charge in [-0.3, -0.25) is 9.48 Å². The van der Waals surface area contributed by atoms with Crippen LogP contribution in [0.3, 0.4) is 0 Å². The molecule has 10 heteroatoms. The average molecular weight is 442 g/mol. The van der Waals surface area contributed by atoms with Gasteiger partial charge in [0.15, 0.2) is 5.65 Å². The zero-order chi connectivity index (χ0) is 23.0. The van der Waals surface area contributed by atoms with E-state index in [0.717, 1.165) is 15.8 Å².